The van der Waals surface area contributed by atoms with E-state index in [1.165, 1.54) is 11.1 Å². The number of aromatic nitrogens is 2. The highest BCUT2D eigenvalue weighted by atomic mass is 16.5. The van der Waals surface area contributed by atoms with Gasteiger partial charge in [-0.05, 0) is 29.3 Å². The number of para-hydroxylation sites is 1. The van der Waals surface area contributed by atoms with Gasteiger partial charge in [0.05, 0.1) is 18.7 Å². The van der Waals surface area contributed by atoms with Crippen LogP contribution in [0.15, 0.2) is 42.5 Å². The molecule has 1 aliphatic rings. The molecule has 0 radical (unpaired) electrons. The molecule has 4 rings (SSSR count). The van der Waals surface area contributed by atoms with E-state index < -0.39 is 0 Å². The van der Waals surface area contributed by atoms with E-state index in [1.807, 2.05) is 31.3 Å². The summed E-state index contributed by atoms with van der Waals surface area (Å²) in [6.45, 7) is 1.38. The molecule has 0 saturated heterocycles. The van der Waals surface area contributed by atoms with Crippen LogP contribution in [0.5, 0.6) is 0 Å². The molecule has 0 bridgehead atoms. The Labute approximate surface area is 122 Å². The maximum atomic E-state index is 5.47. The topological polar surface area (TPSA) is 47.0 Å². The van der Waals surface area contributed by atoms with Crippen LogP contribution in [0.2, 0.25) is 0 Å². The zero-order valence-electron chi connectivity index (χ0n) is 11.8. The highest BCUT2D eigenvalue weighted by Crippen LogP contribution is 2.28. The first kappa shape index (κ1) is 12.3. The van der Waals surface area contributed by atoms with Crippen molar-refractivity contribution in [1.29, 1.82) is 0 Å². The van der Waals surface area contributed by atoms with Gasteiger partial charge in [0.2, 0.25) is 0 Å². The predicted octanol–water partition coefficient (Wildman–Crippen LogP) is 3.37. The Balaban J connectivity index is 1.90. The van der Waals surface area contributed by atoms with Crippen molar-refractivity contribution in [3.05, 3.63) is 53.6 Å². The van der Waals surface area contributed by atoms with Gasteiger partial charge in [-0.15, -0.1) is 0 Å². The quantitative estimate of drug-likeness (QED) is 0.780. The average molecular weight is 277 g/mol. The molecule has 4 heteroatoms. The number of nitrogens with zero attached hydrogens (tertiary/aromatic N) is 2. The van der Waals surface area contributed by atoms with Gasteiger partial charge in [-0.3, -0.25) is 0 Å². The average Bonchev–Trinajstić information content (AvgIpc) is 3.01. The van der Waals surface area contributed by atoms with Crippen LogP contribution in [0.1, 0.15) is 11.1 Å². The number of nitrogens with one attached hydrogen (secondary N) is 1. The summed E-state index contributed by atoms with van der Waals surface area (Å²) in [7, 11) is 1.88. The lowest BCUT2D eigenvalue weighted by molar-refractivity contribution is 0.134. The van der Waals surface area contributed by atoms with E-state index >= 15 is 0 Å². The predicted molar refractivity (Wildman–Crippen MR) is 83.0 cm³/mol. The van der Waals surface area contributed by atoms with E-state index in [2.05, 4.69) is 33.5 Å². The highest BCUT2D eigenvalue weighted by Gasteiger charge is 2.14. The summed E-state index contributed by atoms with van der Waals surface area (Å²) in [4.78, 5) is 9.34. The Hall–Kier alpha value is -2.46. The Kier molecular flexibility index (Phi) is 2.82. The number of fused-ring (bicyclic) bond motifs is 2. The molecule has 104 valence electrons. The summed E-state index contributed by atoms with van der Waals surface area (Å²) >= 11 is 0. The van der Waals surface area contributed by atoms with E-state index in [1.54, 1.807) is 0 Å². The molecule has 0 fully saturated rings. The van der Waals surface area contributed by atoms with Gasteiger partial charge in [0, 0.05) is 18.0 Å². The molecule has 0 spiro atoms. The van der Waals surface area contributed by atoms with Gasteiger partial charge < -0.3 is 10.1 Å². The van der Waals surface area contributed by atoms with Crippen LogP contribution in [0.4, 0.5) is 5.82 Å². The first-order valence-corrected chi connectivity index (χ1v) is 6.99. The Morgan fingerprint density at radius 2 is 1.86 bits per heavy atom. The summed E-state index contributed by atoms with van der Waals surface area (Å²) < 4.78 is 5.47. The van der Waals surface area contributed by atoms with E-state index in [0.29, 0.717) is 13.2 Å². The smallest absolute Gasteiger partial charge is 0.162 e. The van der Waals surface area contributed by atoms with Crippen LogP contribution in [-0.4, -0.2) is 17.0 Å². The normalized spacial score (nSPS) is 13.4. The maximum Gasteiger partial charge on any atom is 0.162 e. The number of hydrogen-bond donors (Lipinski definition) is 1. The molecule has 4 nitrogen and oxygen atoms in total. The third-order valence-corrected chi connectivity index (χ3v) is 3.82. The standard InChI is InChI=1S/C17H15N3O/c1-18-17-14-4-2-3-5-15(14)19-16(20-17)11-6-7-12-9-21-10-13(12)8-11/h2-8H,9-10H2,1H3,(H,18,19,20). The SMILES string of the molecule is CNc1nc(-c2ccc3c(c2)COC3)nc2ccccc12. The lowest BCUT2D eigenvalue weighted by Crippen LogP contribution is -1.99. The highest BCUT2D eigenvalue weighted by molar-refractivity contribution is 5.90. The Bertz CT molecular complexity index is 829. The largest absolute Gasteiger partial charge is 0.373 e. The molecule has 0 saturated carbocycles. The number of anilines is 1. The molecule has 0 aliphatic carbocycles. The maximum absolute atomic E-state index is 5.47. The Morgan fingerprint density at radius 1 is 1.00 bits per heavy atom. The van der Waals surface area contributed by atoms with Gasteiger partial charge in [0.25, 0.3) is 0 Å². The molecular formula is C17H15N3O. The number of hydrogen-bond acceptors (Lipinski definition) is 4. The van der Waals surface area contributed by atoms with Crippen LogP contribution >= 0.6 is 0 Å². The van der Waals surface area contributed by atoms with Gasteiger partial charge in [-0.2, -0.15) is 0 Å². The van der Waals surface area contributed by atoms with E-state index in [0.717, 1.165) is 28.1 Å². The van der Waals surface area contributed by atoms with Crippen LogP contribution in [-0.2, 0) is 18.0 Å². The number of ether oxygens (including phenoxy) is 1. The van der Waals surface area contributed by atoms with E-state index in [9.17, 15) is 0 Å². The van der Waals surface area contributed by atoms with Crippen molar-refractivity contribution in [3.8, 4) is 11.4 Å². The van der Waals surface area contributed by atoms with Crippen molar-refractivity contribution < 1.29 is 4.74 Å². The summed E-state index contributed by atoms with van der Waals surface area (Å²) in [6.07, 6.45) is 0. The van der Waals surface area contributed by atoms with Gasteiger partial charge in [0.1, 0.15) is 5.82 Å². The molecule has 2 aromatic carbocycles. The van der Waals surface area contributed by atoms with Crippen LogP contribution in [0.3, 0.4) is 0 Å². The summed E-state index contributed by atoms with van der Waals surface area (Å²) in [5.41, 5.74) is 4.47. The van der Waals surface area contributed by atoms with Crippen molar-refractivity contribution in [3.63, 3.8) is 0 Å². The molecule has 0 atom stereocenters. The summed E-state index contributed by atoms with van der Waals surface area (Å²) in [5.74, 6) is 1.60. The van der Waals surface area contributed by atoms with Crippen LogP contribution < -0.4 is 5.32 Å². The zero-order valence-corrected chi connectivity index (χ0v) is 11.8. The van der Waals surface area contributed by atoms with Gasteiger partial charge in [-0.1, -0.05) is 24.3 Å². The minimum Gasteiger partial charge on any atom is -0.373 e. The van der Waals surface area contributed by atoms with Crippen LogP contribution in [0.25, 0.3) is 22.3 Å². The lowest BCUT2D eigenvalue weighted by atomic mass is 10.1. The molecule has 0 unspecified atom stereocenters. The van der Waals surface area contributed by atoms with Crippen molar-refractivity contribution >= 4 is 16.7 Å². The van der Waals surface area contributed by atoms with E-state index in [4.69, 9.17) is 4.74 Å². The summed E-state index contributed by atoms with van der Waals surface area (Å²) in [6, 6.07) is 14.3. The molecule has 0 amide bonds. The van der Waals surface area contributed by atoms with Gasteiger partial charge in [0.15, 0.2) is 5.82 Å². The second kappa shape index (κ2) is 4.82. The minimum atomic E-state index is 0.676. The van der Waals surface area contributed by atoms with Crippen molar-refractivity contribution in [2.75, 3.05) is 12.4 Å². The zero-order chi connectivity index (χ0) is 14.2. The summed E-state index contributed by atoms with van der Waals surface area (Å²) in [5, 5.41) is 4.19. The number of rotatable bonds is 2. The van der Waals surface area contributed by atoms with Gasteiger partial charge >= 0.3 is 0 Å². The fraction of sp³-hybridized carbons (Fsp3) is 0.176. The fourth-order valence-corrected chi connectivity index (χ4v) is 2.71. The Morgan fingerprint density at radius 3 is 2.76 bits per heavy atom. The monoisotopic (exact) mass is 277 g/mol. The fourth-order valence-electron chi connectivity index (χ4n) is 2.71. The number of benzene rings is 2. The first-order chi connectivity index (χ1) is 10.3. The van der Waals surface area contributed by atoms with Crippen molar-refractivity contribution in [1.82, 2.24) is 9.97 Å². The second-order valence-electron chi connectivity index (χ2n) is 5.14. The third-order valence-electron chi connectivity index (χ3n) is 3.82. The first-order valence-electron chi connectivity index (χ1n) is 6.99. The van der Waals surface area contributed by atoms with Crippen LogP contribution in [0, 0.1) is 0 Å². The minimum absolute atomic E-state index is 0.676. The third kappa shape index (κ3) is 2.04. The molecule has 1 aliphatic heterocycles. The lowest BCUT2D eigenvalue weighted by Gasteiger charge is -2.09. The molecule has 1 N–H and O–H groups in total. The van der Waals surface area contributed by atoms with E-state index in [-0.39, 0.29) is 0 Å². The molecule has 21 heavy (non-hydrogen) atoms. The molecular weight excluding hydrogens is 262 g/mol. The second-order valence-corrected chi connectivity index (χ2v) is 5.14. The van der Waals surface area contributed by atoms with Crippen molar-refractivity contribution in [2.24, 2.45) is 0 Å². The molecule has 1 aromatic heterocycles. The molecule has 3 aromatic rings. The van der Waals surface area contributed by atoms with Crippen molar-refractivity contribution in [2.45, 2.75) is 13.2 Å². The van der Waals surface area contributed by atoms with Gasteiger partial charge in [-0.25, -0.2) is 9.97 Å². The molecule has 2 heterocycles.